The molecular weight excluding hydrogens is 606 g/mol. The number of nitrogens with zero attached hydrogens (tertiary/aromatic N) is 1. The predicted molar refractivity (Wildman–Crippen MR) is 168 cm³/mol. The van der Waals surface area contributed by atoms with E-state index >= 15 is 0 Å². The molecule has 0 spiro atoms. The molecule has 2 N–H and O–H groups in total. The van der Waals surface area contributed by atoms with Crippen LogP contribution in [-0.2, 0) is 27.2 Å². The summed E-state index contributed by atoms with van der Waals surface area (Å²) >= 11 is 0. The first kappa shape index (κ1) is 30.7. The third-order valence-corrected chi connectivity index (χ3v) is 9.37. The highest BCUT2D eigenvalue weighted by molar-refractivity contribution is 5.87. The van der Waals surface area contributed by atoms with Crippen LogP contribution in [0.15, 0.2) is 54.6 Å². The number of esters is 1. The molecule has 12 heteroatoms. The number of methoxy groups -OCH3 is 2. The van der Waals surface area contributed by atoms with Gasteiger partial charge in [0.15, 0.2) is 23.0 Å². The largest absolute Gasteiger partial charge is 0.493 e. The van der Waals surface area contributed by atoms with Gasteiger partial charge in [-0.05, 0) is 52.9 Å². The zero-order valence-corrected chi connectivity index (χ0v) is 26.3. The molecule has 3 aliphatic heterocycles. The van der Waals surface area contributed by atoms with Crippen LogP contribution in [0.4, 0.5) is 4.79 Å². The number of piperazine rings is 1. The smallest absolute Gasteiger partial charge is 0.413 e. The standard InChI is InChI=1S/C35H37N3O9/c1-42-28-15-22(30-24-17-27-26(45-19-46-27)14-21(24)13-23-18-44-34(40)31(23)30)16-29(43-2)32(28)47-35(41)37-25(12-20-6-4-3-5-7-20)33(39)38-10-8-36-9-11-38/h3-7,14-17,23,25,30-31,36H,8-13,18-19H2,1-2H3,(H,37,41)/t23-,25-,30+,31-/m0/s1. The van der Waals surface area contributed by atoms with Crippen molar-refractivity contribution in [2.75, 3.05) is 53.8 Å². The fraction of sp³-hybridized carbons (Fsp3) is 0.400. The average Bonchev–Trinajstić information content (AvgIpc) is 3.72. The molecule has 0 aromatic heterocycles. The van der Waals surface area contributed by atoms with Crippen LogP contribution in [-0.4, -0.2) is 82.7 Å². The van der Waals surface area contributed by atoms with Gasteiger partial charge in [0.2, 0.25) is 18.4 Å². The highest BCUT2D eigenvalue weighted by atomic mass is 16.7. The van der Waals surface area contributed by atoms with Crippen LogP contribution in [0.2, 0.25) is 0 Å². The van der Waals surface area contributed by atoms with E-state index in [1.807, 2.05) is 42.5 Å². The summed E-state index contributed by atoms with van der Waals surface area (Å²) in [5, 5.41) is 6.04. The Balaban J connectivity index is 1.19. The molecule has 2 amide bonds. The van der Waals surface area contributed by atoms with Crippen LogP contribution in [0, 0.1) is 11.8 Å². The molecule has 246 valence electrons. The molecular formula is C35H37N3O9. The second-order valence-corrected chi connectivity index (χ2v) is 12.1. The van der Waals surface area contributed by atoms with Gasteiger partial charge in [0, 0.05) is 44.4 Å². The van der Waals surface area contributed by atoms with Crippen molar-refractivity contribution in [3.8, 4) is 28.7 Å². The van der Waals surface area contributed by atoms with Crippen molar-refractivity contribution < 1.29 is 42.8 Å². The molecule has 12 nitrogen and oxygen atoms in total. The quantitative estimate of drug-likeness (QED) is 0.353. The fourth-order valence-corrected chi connectivity index (χ4v) is 7.10. The van der Waals surface area contributed by atoms with Crippen LogP contribution in [0.3, 0.4) is 0 Å². The van der Waals surface area contributed by atoms with Gasteiger partial charge < -0.3 is 44.0 Å². The molecule has 0 bridgehead atoms. The zero-order chi connectivity index (χ0) is 32.5. The molecule has 7 rings (SSSR count). The van der Waals surface area contributed by atoms with Crippen molar-refractivity contribution in [1.29, 1.82) is 0 Å². The summed E-state index contributed by atoms with van der Waals surface area (Å²) in [6.45, 7) is 2.93. The Bertz CT molecular complexity index is 1650. The molecule has 0 saturated carbocycles. The molecule has 1 aliphatic carbocycles. The van der Waals surface area contributed by atoms with E-state index in [4.69, 9.17) is 28.4 Å². The van der Waals surface area contributed by atoms with Crippen LogP contribution < -0.4 is 34.3 Å². The summed E-state index contributed by atoms with van der Waals surface area (Å²) < 4.78 is 34.2. The molecule has 0 radical (unpaired) electrons. The minimum absolute atomic E-state index is 0.0196. The number of hydrogen-bond acceptors (Lipinski definition) is 10. The summed E-state index contributed by atoms with van der Waals surface area (Å²) in [5.41, 5.74) is 3.62. The van der Waals surface area contributed by atoms with Crippen molar-refractivity contribution >= 4 is 18.0 Å². The van der Waals surface area contributed by atoms with Crippen LogP contribution in [0.5, 0.6) is 28.7 Å². The first-order valence-corrected chi connectivity index (χ1v) is 15.8. The number of hydrogen-bond donors (Lipinski definition) is 2. The van der Waals surface area contributed by atoms with Crippen molar-refractivity contribution in [3.05, 3.63) is 76.9 Å². The highest BCUT2D eigenvalue weighted by Crippen LogP contribution is 2.52. The first-order chi connectivity index (χ1) is 22.9. The van der Waals surface area contributed by atoms with Gasteiger partial charge in [-0.3, -0.25) is 9.59 Å². The number of nitrogens with one attached hydrogen (secondary N) is 2. The maximum absolute atomic E-state index is 13.6. The van der Waals surface area contributed by atoms with Gasteiger partial charge in [-0.15, -0.1) is 0 Å². The van der Waals surface area contributed by atoms with E-state index in [0.717, 1.165) is 22.3 Å². The Morgan fingerprint density at radius 2 is 1.68 bits per heavy atom. The molecule has 2 saturated heterocycles. The highest BCUT2D eigenvalue weighted by Gasteiger charge is 2.48. The Morgan fingerprint density at radius 1 is 0.979 bits per heavy atom. The molecule has 4 atom stereocenters. The van der Waals surface area contributed by atoms with Gasteiger partial charge in [0.1, 0.15) is 6.04 Å². The van der Waals surface area contributed by atoms with Gasteiger partial charge in [-0.2, -0.15) is 0 Å². The molecule has 3 aromatic rings. The van der Waals surface area contributed by atoms with Gasteiger partial charge in [-0.1, -0.05) is 30.3 Å². The first-order valence-electron chi connectivity index (χ1n) is 15.8. The lowest BCUT2D eigenvalue weighted by atomic mass is 9.67. The lowest BCUT2D eigenvalue weighted by Gasteiger charge is -2.34. The summed E-state index contributed by atoms with van der Waals surface area (Å²) in [4.78, 5) is 41.9. The van der Waals surface area contributed by atoms with Crippen LogP contribution in [0.1, 0.15) is 28.2 Å². The van der Waals surface area contributed by atoms with E-state index in [0.29, 0.717) is 57.1 Å². The van der Waals surface area contributed by atoms with Crippen LogP contribution >= 0.6 is 0 Å². The second-order valence-electron chi connectivity index (χ2n) is 12.1. The summed E-state index contributed by atoms with van der Waals surface area (Å²) in [6, 6.07) is 16.1. The van der Waals surface area contributed by atoms with E-state index in [-0.39, 0.29) is 41.8 Å². The van der Waals surface area contributed by atoms with Crippen molar-refractivity contribution in [2.45, 2.75) is 24.8 Å². The van der Waals surface area contributed by atoms with Crippen LogP contribution in [0.25, 0.3) is 0 Å². The minimum Gasteiger partial charge on any atom is -0.493 e. The number of ether oxygens (including phenoxy) is 6. The van der Waals surface area contributed by atoms with Crippen molar-refractivity contribution in [1.82, 2.24) is 15.5 Å². The van der Waals surface area contributed by atoms with E-state index in [2.05, 4.69) is 10.6 Å². The average molecular weight is 644 g/mol. The number of benzene rings is 3. The third kappa shape index (κ3) is 6.00. The fourth-order valence-electron chi connectivity index (χ4n) is 7.10. The monoisotopic (exact) mass is 643 g/mol. The van der Waals surface area contributed by atoms with Gasteiger partial charge in [-0.25, -0.2) is 4.79 Å². The maximum atomic E-state index is 13.6. The summed E-state index contributed by atoms with van der Waals surface area (Å²) in [7, 11) is 2.93. The van der Waals surface area contributed by atoms with Gasteiger partial charge in [0.05, 0.1) is 26.7 Å². The van der Waals surface area contributed by atoms with E-state index in [1.54, 1.807) is 17.0 Å². The van der Waals surface area contributed by atoms with Gasteiger partial charge >= 0.3 is 12.1 Å². The minimum atomic E-state index is -0.851. The van der Waals surface area contributed by atoms with Gasteiger partial charge in [0.25, 0.3) is 0 Å². The Labute approximate surface area is 272 Å². The number of amides is 2. The number of carbonyl (C=O) groups excluding carboxylic acids is 3. The van der Waals surface area contributed by atoms with Crippen molar-refractivity contribution in [2.24, 2.45) is 11.8 Å². The molecule has 3 aromatic carbocycles. The zero-order valence-electron chi connectivity index (χ0n) is 26.3. The second kappa shape index (κ2) is 13.0. The normalized spacial score (nSPS) is 21.6. The third-order valence-electron chi connectivity index (χ3n) is 9.37. The Hall–Kier alpha value is -4.97. The summed E-state index contributed by atoms with van der Waals surface area (Å²) in [5.74, 6) is 0.526. The topological polar surface area (TPSA) is 134 Å². The lowest BCUT2D eigenvalue weighted by Crippen LogP contribution is -2.55. The molecule has 0 unspecified atom stereocenters. The Morgan fingerprint density at radius 3 is 2.38 bits per heavy atom. The maximum Gasteiger partial charge on any atom is 0.413 e. The molecule has 3 heterocycles. The van der Waals surface area contributed by atoms with Crippen molar-refractivity contribution in [3.63, 3.8) is 0 Å². The number of rotatable bonds is 8. The molecule has 2 fully saturated rings. The molecule has 47 heavy (non-hydrogen) atoms. The van der Waals surface area contributed by atoms with E-state index in [9.17, 15) is 14.4 Å². The number of fused-ring (bicyclic) bond motifs is 3. The predicted octanol–water partition coefficient (Wildman–Crippen LogP) is 3.04. The van der Waals surface area contributed by atoms with E-state index in [1.165, 1.54) is 14.2 Å². The SMILES string of the molecule is COc1cc([C@@H]2c3cc4c(cc3C[C@H]3COC(=O)[C@@H]32)OCO4)cc(OC)c1OC(=O)N[C@@H](Cc1ccccc1)C(=O)N1CCNCC1. The molecule has 4 aliphatic rings. The van der Waals surface area contributed by atoms with E-state index < -0.39 is 24.0 Å². The lowest BCUT2D eigenvalue weighted by molar-refractivity contribution is -0.141. The Kier molecular flexibility index (Phi) is 8.50. The number of carbonyl (C=O) groups is 3. The summed E-state index contributed by atoms with van der Waals surface area (Å²) in [6.07, 6.45) is 0.143. The number of cyclic esters (lactones) is 1.